The molecule has 0 spiro atoms. The second kappa shape index (κ2) is 6.17. The molecule has 2 N–H and O–H groups in total. The van der Waals surface area contributed by atoms with Crippen LogP contribution < -0.4 is 9.46 Å². The Morgan fingerprint density at radius 3 is 2.50 bits per heavy atom. The van der Waals surface area contributed by atoms with Crippen molar-refractivity contribution in [2.75, 3.05) is 20.3 Å². The summed E-state index contributed by atoms with van der Waals surface area (Å²) < 4.78 is 31.7. The SMILES string of the molecule is COc1cc(S(=O)(=O)NCCCO)c(C)cc1C. The van der Waals surface area contributed by atoms with Gasteiger partial charge in [0, 0.05) is 19.2 Å². The van der Waals surface area contributed by atoms with Gasteiger partial charge in [0.05, 0.1) is 12.0 Å². The van der Waals surface area contributed by atoms with Gasteiger partial charge in [0.1, 0.15) is 5.75 Å². The first kappa shape index (κ1) is 14.9. The van der Waals surface area contributed by atoms with Gasteiger partial charge in [-0.3, -0.25) is 0 Å². The Bertz CT molecular complexity index is 511. The van der Waals surface area contributed by atoms with E-state index in [0.717, 1.165) is 5.56 Å². The van der Waals surface area contributed by atoms with Crippen LogP contribution in [0.25, 0.3) is 0 Å². The van der Waals surface area contributed by atoms with Crippen molar-refractivity contribution in [3.63, 3.8) is 0 Å². The number of ether oxygens (including phenoxy) is 1. The van der Waals surface area contributed by atoms with E-state index in [9.17, 15) is 8.42 Å². The van der Waals surface area contributed by atoms with Crippen molar-refractivity contribution < 1.29 is 18.3 Å². The Morgan fingerprint density at radius 1 is 1.28 bits per heavy atom. The number of benzene rings is 1. The fraction of sp³-hybridized carbons (Fsp3) is 0.500. The normalized spacial score (nSPS) is 11.6. The third kappa shape index (κ3) is 3.44. The average Bonchev–Trinajstić information content (AvgIpc) is 2.29. The number of hydrogen-bond donors (Lipinski definition) is 2. The smallest absolute Gasteiger partial charge is 0.240 e. The van der Waals surface area contributed by atoms with Crippen LogP contribution in [-0.2, 0) is 10.0 Å². The molecule has 0 aliphatic carbocycles. The Labute approximate surface area is 108 Å². The van der Waals surface area contributed by atoms with Crippen LogP contribution in [0.4, 0.5) is 0 Å². The fourth-order valence-corrected chi connectivity index (χ4v) is 3.00. The first-order chi connectivity index (χ1) is 8.42. The zero-order chi connectivity index (χ0) is 13.8. The molecule has 0 fully saturated rings. The van der Waals surface area contributed by atoms with Gasteiger partial charge in [-0.1, -0.05) is 6.07 Å². The molecule has 1 aromatic carbocycles. The second-order valence-corrected chi connectivity index (χ2v) is 5.80. The lowest BCUT2D eigenvalue weighted by Gasteiger charge is -2.12. The number of aliphatic hydroxyl groups is 1. The van der Waals surface area contributed by atoms with E-state index in [1.165, 1.54) is 13.2 Å². The average molecular weight is 273 g/mol. The van der Waals surface area contributed by atoms with E-state index in [2.05, 4.69) is 4.72 Å². The highest BCUT2D eigenvalue weighted by atomic mass is 32.2. The molecule has 5 nitrogen and oxygen atoms in total. The lowest BCUT2D eigenvalue weighted by atomic mass is 10.1. The molecule has 0 unspecified atom stereocenters. The van der Waals surface area contributed by atoms with Crippen molar-refractivity contribution in [3.8, 4) is 5.75 Å². The highest BCUT2D eigenvalue weighted by Crippen LogP contribution is 2.25. The maximum atomic E-state index is 12.1. The van der Waals surface area contributed by atoms with Crippen LogP contribution >= 0.6 is 0 Å². The van der Waals surface area contributed by atoms with Crippen LogP contribution in [0.15, 0.2) is 17.0 Å². The van der Waals surface area contributed by atoms with Gasteiger partial charge in [-0.05, 0) is 31.4 Å². The summed E-state index contributed by atoms with van der Waals surface area (Å²) >= 11 is 0. The lowest BCUT2D eigenvalue weighted by Crippen LogP contribution is -2.26. The summed E-state index contributed by atoms with van der Waals surface area (Å²) in [5, 5.41) is 8.65. The number of methoxy groups -OCH3 is 1. The molecule has 0 aromatic heterocycles. The van der Waals surface area contributed by atoms with Gasteiger partial charge in [-0.2, -0.15) is 0 Å². The maximum absolute atomic E-state index is 12.1. The van der Waals surface area contributed by atoms with E-state index in [4.69, 9.17) is 9.84 Å². The summed E-state index contributed by atoms with van der Waals surface area (Å²) in [6.07, 6.45) is 0.390. The molecule has 1 aromatic rings. The number of aryl methyl sites for hydroxylation is 2. The molecule has 18 heavy (non-hydrogen) atoms. The summed E-state index contributed by atoms with van der Waals surface area (Å²) in [5.74, 6) is 0.545. The Kier molecular flexibility index (Phi) is 5.13. The van der Waals surface area contributed by atoms with Crippen LogP contribution in [0.3, 0.4) is 0 Å². The Balaban J connectivity index is 3.08. The fourth-order valence-electron chi connectivity index (χ4n) is 1.69. The van der Waals surface area contributed by atoms with E-state index < -0.39 is 10.0 Å². The highest BCUT2D eigenvalue weighted by Gasteiger charge is 2.18. The lowest BCUT2D eigenvalue weighted by molar-refractivity contribution is 0.289. The Hall–Kier alpha value is -1.11. The van der Waals surface area contributed by atoms with Gasteiger partial charge in [0.25, 0.3) is 0 Å². The third-order valence-electron chi connectivity index (χ3n) is 2.61. The summed E-state index contributed by atoms with van der Waals surface area (Å²) in [7, 11) is -2.05. The number of aliphatic hydroxyl groups excluding tert-OH is 1. The number of sulfonamides is 1. The van der Waals surface area contributed by atoms with E-state index in [0.29, 0.717) is 17.7 Å². The summed E-state index contributed by atoms with van der Waals surface area (Å²) in [6, 6.07) is 3.30. The molecule has 0 saturated carbocycles. The minimum Gasteiger partial charge on any atom is -0.496 e. The van der Waals surface area contributed by atoms with Crippen molar-refractivity contribution in [2.45, 2.75) is 25.2 Å². The first-order valence-electron chi connectivity index (χ1n) is 5.68. The van der Waals surface area contributed by atoms with Crippen LogP contribution in [0.2, 0.25) is 0 Å². The minimum absolute atomic E-state index is 0.0429. The first-order valence-corrected chi connectivity index (χ1v) is 7.16. The van der Waals surface area contributed by atoms with Gasteiger partial charge < -0.3 is 9.84 Å². The van der Waals surface area contributed by atoms with Gasteiger partial charge in [0.2, 0.25) is 10.0 Å². The predicted molar refractivity (Wildman–Crippen MR) is 69.4 cm³/mol. The van der Waals surface area contributed by atoms with E-state index in [1.54, 1.807) is 13.0 Å². The molecule has 0 atom stereocenters. The van der Waals surface area contributed by atoms with Crippen molar-refractivity contribution >= 4 is 10.0 Å². The number of rotatable bonds is 6. The molecular formula is C12H19NO4S. The van der Waals surface area contributed by atoms with E-state index in [-0.39, 0.29) is 18.0 Å². The van der Waals surface area contributed by atoms with Gasteiger partial charge in [-0.25, -0.2) is 13.1 Å². The number of hydrogen-bond acceptors (Lipinski definition) is 4. The van der Waals surface area contributed by atoms with Crippen molar-refractivity contribution in [2.24, 2.45) is 0 Å². The number of nitrogens with one attached hydrogen (secondary N) is 1. The molecule has 0 amide bonds. The zero-order valence-corrected chi connectivity index (χ0v) is 11.7. The third-order valence-corrected chi connectivity index (χ3v) is 4.21. The summed E-state index contributed by atoms with van der Waals surface area (Å²) in [5.41, 5.74) is 1.56. The molecule has 0 bridgehead atoms. The molecule has 0 aliphatic rings. The molecular weight excluding hydrogens is 254 g/mol. The van der Waals surface area contributed by atoms with Crippen LogP contribution in [0, 0.1) is 13.8 Å². The standard InChI is InChI=1S/C12H19NO4S/c1-9-7-10(2)12(8-11(9)17-3)18(15,16)13-5-4-6-14/h7-8,13-14H,4-6H2,1-3H3. The van der Waals surface area contributed by atoms with E-state index in [1.807, 2.05) is 6.92 Å². The monoisotopic (exact) mass is 273 g/mol. The van der Waals surface area contributed by atoms with E-state index >= 15 is 0 Å². The minimum atomic E-state index is -3.55. The van der Waals surface area contributed by atoms with Gasteiger partial charge in [0.15, 0.2) is 0 Å². The summed E-state index contributed by atoms with van der Waals surface area (Å²) in [6.45, 7) is 3.78. The molecule has 0 saturated heterocycles. The van der Waals surface area contributed by atoms with Gasteiger partial charge in [-0.15, -0.1) is 0 Å². The van der Waals surface area contributed by atoms with Crippen LogP contribution in [0.5, 0.6) is 5.75 Å². The molecule has 102 valence electrons. The molecule has 0 radical (unpaired) electrons. The van der Waals surface area contributed by atoms with Crippen molar-refractivity contribution in [3.05, 3.63) is 23.3 Å². The predicted octanol–water partition coefficient (Wildman–Crippen LogP) is 0.973. The maximum Gasteiger partial charge on any atom is 0.240 e. The van der Waals surface area contributed by atoms with Crippen LogP contribution in [0.1, 0.15) is 17.5 Å². The largest absolute Gasteiger partial charge is 0.496 e. The summed E-state index contributed by atoms with van der Waals surface area (Å²) in [4.78, 5) is 0.211. The van der Waals surface area contributed by atoms with Gasteiger partial charge >= 0.3 is 0 Å². The zero-order valence-electron chi connectivity index (χ0n) is 10.9. The molecule has 1 rings (SSSR count). The molecule has 0 heterocycles. The Morgan fingerprint density at radius 2 is 1.94 bits per heavy atom. The highest BCUT2D eigenvalue weighted by molar-refractivity contribution is 7.89. The van der Waals surface area contributed by atoms with Crippen LogP contribution in [-0.4, -0.2) is 33.8 Å². The van der Waals surface area contributed by atoms with Crippen molar-refractivity contribution in [1.29, 1.82) is 0 Å². The molecule has 0 aliphatic heterocycles. The second-order valence-electron chi connectivity index (χ2n) is 4.06. The topological polar surface area (TPSA) is 75.6 Å². The van der Waals surface area contributed by atoms with Crippen molar-refractivity contribution in [1.82, 2.24) is 4.72 Å². The quantitative estimate of drug-likeness (QED) is 0.757. The molecule has 6 heteroatoms.